The van der Waals surface area contributed by atoms with Gasteiger partial charge in [0.1, 0.15) is 0 Å². The van der Waals surface area contributed by atoms with Crippen molar-refractivity contribution < 1.29 is 14.6 Å². The van der Waals surface area contributed by atoms with E-state index in [1.165, 1.54) is 58.5 Å². The summed E-state index contributed by atoms with van der Waals surface area (Å²) in [7, 11) is 1.49. The van der Waals surface area contributed by atoms with E-state index in [9.17, 15) is 9.90 Å². The number of hydrogen-bond donors (Lipinski definition) is 1. The van der Waals surface area contributed by atoms with E-state index >= 15 is 0 Å². The fraction of sp³-hybridized carbons (Fsp3) is 0.960. The maximum Gasteiger partial charge on any atom is 0.305 e. The standard InChI is InChI=1S/C25H42O3/c1-16(8-11-23(27)28-4)18-9-10-19-17-15-22(26)21-7-5-6-13-24(21,2)20(17)12-14-25(18,19)3/h16-22,26H,5-15H2,1-4H3/t16-,17+,18-,19+,20+,21-,22-,24-,25-/m1/s1. The van der Waals surface area contributed by atoms with E-state index in [2.05, 4.69) is 20.8 Å². The van der Waals surface area contributed by atoms with Crippen LogP contribution in [0.5, 0.6) is 0 Å². The van der Waals surface area contributed by atoms with Crippen LogP contribution in [-0.4, -0.2) is 24.3 Å². The topological polar surface area (TPSA) is 46.5 Å². The maximum absolute atomic E-state index is 11.6. The zero-order chi connectivity index (χ0) is 20.1. The molecule has 4 aliphatic rings. The van der Waals surface area contributed by atoms with E-state index < -0.39 is 0 Å². The lowest BCUT2D eigenvalue weighted by atomic mass is 9.44. The monoisotopic (exact) mass is 390 g/mol. The smallest absolute Gasteiger partial charge is 0.305 e. The number of aliphatic hydroxyl groups is 1. The highest BCUT2D eigenvalue weighted by Crippen LogP contribution is 2.68. The summed E-state index contributed by atoms with van der Waals surface area (Å²) >= 11 is 0. The molecule has 0 radical (unpaired) electrons. The van der Waals surface area contributed by atoms with Crippen LogP contribution in [0.15, 0.2) is 0 Å². The lowest BCUT2D eigenvalue weighted by Gasteiger charge is -2.62. The van der Waals surface area contributed by atoms with Crippen LogP contribution in [-0.2, 0) is 9.53 Å². The van der Waals surface area contributed by atoms with Crippen LogP contribution < -0.4 is 0 Å². The highest BCUT2D eigenvalue weighted by atomic mass is 16.5. The van der Waals surface area contributed by atoms with Gasteiger partial charge in [-0.2, -0.15) is 0 Å². The van der Waals surface area contributed by atoms with E-state index in [4.69, 9.17) is 4.74 Å². The zero-order valence-electron chi connectivity index (χ0n) is 18.6. The Hall–Kier alpha value is -0.570. The van der Waals surface area contributed by atoms with Gasteiger partial charge in [-0.1, -0.05) is 33.6 Å². The normalized spacial score (nSPS) is 48.9. The van der Waals surface area contributed by atoms with Crippen molar-refractivity contribution in [1.29, 1.82) is 0 Å². The van der Waals surface area contributed by atoms with Crippen LogP contribution in [0.1, 0.15) is 91.4 Å². The van der Waals surface area contributed by atoms with Gasteiger partial charge in [0.05, 0.1) is 13.2 Å². The van der Waals surface area contributed by atoms with E-state index in [-0.39, 0.29) is 12.1 Å². The van der Waals surface area contributed by atoms with Crippen LogP contribution in [0.25, 0.3) is 0 Å². The molecule has 28 heavy (non-hydrogen) atoms. The van der Waals surface area contributed by atoms with Gasteiger partial charge in [-0.05, 0) is 97.7 Å². The molecule has 0 unspecified atom stereocenters. The van der Waals surface area contributed by atoms with Crippen molar-refractivity contribution in [3.63, 3.8) is 0 Å². The number of hydrogen-bond acceptors (Lipinski definition) is 3. The molecule has 9 atom stereocenters. The Bertz CT molecular complexity index is 588. The molecule has 4 rings (SSSR count). The Kier molecular flexibility index (Phi) is 5.61. The fourth-order valence-corrected chi connectivity index (χ4v) is 8.98. The summed E-state index contributed by atoms with van der Waals surface area (Å²) in [5.74, 6) is 4.08. The first kappa shape index (κ1) is 20.7. The van der Waals surface area contributed by atoms with Gasteiger partial charge >= 0.3 is 5.97 Å². The van der Waals surface area contributed by atoms with Crippen molar-refractivity contribution in [2.75, 3.05) is 7.11 Å². The predicted molar refractivity (Wildman–Crippen MR) is 112 cm³/mol. The highest BCUT2D eigenvalue weighted by molar-refractivity contribution is 5.69. The van der Waals surface area contributed by atoms with Gasteiger partial charge < -0.3 is 9.84 Å². The fourth-order valence-electron chi connectivity index (χ4n) is 8.98. The molecule has 0 amide bonds. The van der Waals surface area contributed by atoms with Gasteiger partial charge in [0.25, 0.3) is 0 Å². The van der Waals surface area contributed by atoms with Gasteiger partial charge in [0.15, 0.2) is 0 Å². The molecule has 0 aromatic carbocycles. The largest absolute Gasteiger partial charge is 0.469 e. The average molecular weight is 391 g/mol. The second kappa shape index (κ2) is 7.60. The van der Waals surface area contributed by atoms with Crippen molar-refractivity contribution in [1.82, 2.24) is 0 Å². The molecule has 0 aliphatic heterocycles. The number of rotatable bonds is 4. The van der Waals surface area contributed by atoms with Crippen molar-refractivity contribution in [2.45, 2.75) is 97.5 Å². The molecule has 4 aliphatic carbocycles. The Morgan fingerprint density at radius 2 is 1.79 bits per heavy atom. The average Bonchev–Trinajstić information content (AvgIpc) is 3.03. The Labute approximate surface area is 172 Å². The molecule has 0 saturated heterocycles. The summed E-state index contributed by atoms with van der Waals surface area (Å²) in [5, 5.41) is 11.1. The molecule has 4 saturated carbocycles. The second-order valence-electron chi connectivity index (χ2n) is 11.4. The molecular formula is C25H42O3. The summed E-state index contributed by atoms with van der Waals surface area (Å²) in [6.45, 7) is 7.45. The van der Waals surface area contributed by atoms with Crippen LogP contribution in [0.3, 0.4) is 0 Å². The summed E-state index contributed by atoms with van der Waals surface area (Å²) in [5.41, 5.74) is 0.769. The molecule has 0 aromatic heterocycles. The molecule has 0 bridgehead atoms. The van der Waals surface area contributed by atoms with Gasteiger partial charge in [-0.15, -0.1) is 0 Å². The van der Waals surface area contributed by atoms with E-state index in [0.29, 0.717) is 35.0 Å². The molecule has 3 heteroatoms. The lowest BCUT2D eigenvalue weighted by Crippen LogP contribution is -2.57. The van der Waals surface area contributed by atoms with Crippen LogP contribution in [0, 0.1) is 46.3 Å². The molecule has 160 valence electrons. The molecule has 1 N–H and O–H groups in total. The summed E-state index contributed by atoms with van der Waals surface area (Å²) in [6, 6.07) is 0. The third-order valence-electron chi connectivity index (χ3n) is 10.4. The van der Waals surface area contributed by atoms with E-state index in [0.717, 1.165) is 30.6 Å². The van der Waals surface area contributed by atoms with Crippen molar-refractivity contribution in [2.24, 2.45) is 46.3 Å². The quantitative estimate of drug-likeness (QED) is 0.636. The van der Waals surface area contributed by atoms with Gasteiger partial charge in [0, 0.05) is 6.42 Å². The first-order valence-electron chi connectivity index (χ1n) is 12.1. The summed E-state index contributed by atoms with van der Waals surface area (Å²) in [4.78, 5) is 11.6. The van der Waals surface area contributed by atoms with Crippen molar-refractivity contribution in [3.8, 4) is 0 Å². The summed E-state index contributed by atoms with van der Waals surface area (Å²) < 4.78 is 4.87. The summed E-state index contributed by atoms with van der Waals surface area (Å²) in [6.07, 6.45) is 13.1. The minimum atomic E-state index is -0.0790. The maximum atomic E-state index is 11.6. The Balaban J connectivity index is 1.52. The number of carbonyl (C=O) groups excluding carboxylic acids is 1. The number of aliphatic hydroxyl groups excluding tert-OH is 1. The van der Waals surface area contributed by atoms with Crippen LogP contribution in [0.2, 0.25) is 0 Å². The van der Waals surface area contributed by atoms with Gasteiger partial charge in [0.2, 0.25) is 0 Å². The van der Waals surface area contributed by atoms with Gasteiger partial charge in [-0.25, -0.2) is 0 Å². The third kappa shape index (κ3) is 3.15. The lowest BCUT2D eigenvalue weighted by molar-refractivity contribution is -0.159. The predicted octanol–water partition coefficient (Wildman–Crippen LogP) is 5.60. The van der Waals surface area contributed by atoms with Crippen LogP contribution >= 0.6 is 0 Å². The number of ether oxygens (including phenoxy) is 1. The molecule has 0 heterocycles. The van der Waals surface area contributed by atoms with Crippen molar-refractivity contribution in [3.05, 3.63) is 0 Å². The molecular weight excluding hydrogens is 348 g/mol. The van der Waals surface area contributed by atoms with Crippen LogP contribution in [0.4, 0.5) is 0 Å². The highest BCUT2D eigenvalue weighted by Gasteiger charge is 2.61. The van der Waals surface area contributed by atoms with E-state index in [1.54, 1.807) is 0 Å². The SMILES string of the molecule is COC(=O)CC[C@@H](C)[C@H]1CC[C@H]2[C@@H]3C[C@@H](O)[C@H]4CCCC[C@]4(C)[C@H]3CC[C@]12C. The molecule has 4 fully saturated rings. The van der Waals surface area contributed by atoms with Gasteiger partial charge in [-0.3, -0.25) is 4.79 Å². The molecule has 0 aromatic rings. The molecule has 3 nitrogen and oxygen atoms in total. The minimum absolute atomic E-state index is 0.0677. The Morgan fingerprint density at radius 1 is 1.04 bits per heavy atom. The van der Waals surface area contributed by atoms with Crippen molar-refractivity contribution >= 4 is 5.97 Å². The first-order valence-corrected chi connectivity index (χ1v) is 12.1. The number of methoxy groups -OCH3 is 1. The number of fused-ring (bicyclic) bond motifs is 5. The molecule has 0 spiro atoms. The number of carbonyl (C=O) groups is 1. The minimum Gasteiger partial charge on any atom is -0.469 e. The van der Waals surface area contributed by atoms with E-state index in [1.807, 2.05) is 0 Å². The zero-order valence-corrected chi connectivity index (χ0v) is 18.6. The number of esters is 1. The second-order valence-corrected chi connectivity index (χ2v) is 11.4. The first-order chi connectivity index (χ1) is 13.3. The Morgan fingerprint density at radius 3 is 2.54 bits per heavy atom. The third-order valence-corrected chi connectivity index (χ3v) is 10.4.